The Balaban J connectivity index is 1.72. The number of nitrogens with zero attached hydrogens (tertiary/aromatic N) is 3. The number of hydrogen-bond donors (Lipinski definition) is 0. The Bertz CT molecular complexity index is 1040. The van der Waals surface area contributed by atoms with Crippen LogP contribution in [0.15, 0.2) is 64.4 Å². The van der Waals surface area contributed by atoms with E-state index in [2.05, 4.69) is 9.89 Å². The van der Waals surface area contributed by atoms with Crippen LogP contribution in [0.4, 0.5) is 5.69 Å². The van der Waals surface area contributed by atoms with Crippen molar-refractivity contribution in [2.45, 2.75) is 6.67 Å². The quantitative estimate of drug-likeness (QED) is 0.708. The lowest BCUT2D eigenvalue weighted by molar-refractivity contribution is 0.569. The van der Waals surface area contributed by atoms with Gasteiger partial charge in [0.05, 0.1) is 4.53 Å². The van der Waals surface area contributed by atoms with Crippen molar-refractivity contribution in [3.63, 3.8) is 0 Å². The van der Waals surface area contributed by atoms with Crippen molar-refractivity contribution in [3.8, 4) is 0 Å². The van der Waals surface area contributed by atoms with E-state index in [0.29, 0.717) is 22.9 Å². The van der Waals surface area contributed by atoms with Crippen molar-refractivity contribution >= 4 is 34.7 Å². The lowest BCUT2D eigenvalue weighted by Crippen LogP contribution is -2.42. The van der Waals surface area contributed by atoms with Crippen molar-refractivity contribution < 1.29 is 0 Å². The second-order valence-electron chi connectivity index (χ2n) is 5.49. The van der Waals surface area contributed by atoms with E-state index in [4.69, 9.17) is 11.6 Å². The molecule has 4 rings (SSSR count). The maximum Gasteiger partial charge on any atom is 0.271 e. The number of para-hydroxylation sites is 1. The molecule has 4 nitrogen and oxygen atoms in total. The van der Waals surface area contributed by atoms with E-state index in [0.717, 1.165) is 16.1 Å². The van der Waals surface area contributed by atoms with Crippen LogP contribution >= 0.6 is 22.9 Å². The summed E-state index contributed by atoms with van der Waals surface area (Å²) in [7, 11) is 0. The first-order valence-corrected chi connectivity index (χ1v) is 8.71. The first-order chi connectivity index (χ1) is 11.7. The first-order valence-electron chi connectivity index (χ1n) is 7.52. The summed E-state index contributed by atoms with van der Waals surface area (Å²) in [5, 5.41) is 0.683. The average molecular weight is 356 g/mol. The van der Waals surface area contributed by atoms with Gasteiger partial charge in [0, 0.05) is 10.7 Å². The van der Waals surface area contributed by atoms with Crippen LogP contribution in [-0.2, 0) is 6.67 Å². The third-order valence-electron chi connectivity index (χ3n) is 3.87. The fraction of sp³-hybridized carbons (Fsp3) is 0.111. The number of aromatic nitrogens is 1. The third kappa shape index (κ3) is 2.88. The lowest BCUT2D eigenvalue weighted by atomic mass is 10.2. The van der Waals surface area contributed by atoms with Gasteiger partial charge >= 0.3 is 0 Å². The lowest BCUT2D eigenvalue weighted by Gasteiger charge is -2.25. The highest BCUT2D eigenvalue weighted by atomic mass is 35.5. The fourth-order valence-electron chi connectivity index (χ4n) is 2.62. The predicted molar refractivity (Wildman–Crippen MR) is 98.2 cm³/mol. The van der Waals surface area contributed by atoms with Gasteiger partial charge in [0.15, 0.2) is 4.80 Å². The Morgan fingerprint density at radius 1 is 1.08 bits per heavy atom. The molecule has 0 radical (unpaired) electrons. The summed E-state index contributed by atoms with van der Waals surface area (Å²) in [4.78, 5) is 20.1. The van der Waals surface area contributed by atoms with E-state index in [1.165, 1.54) is 11.3 Å². The molecule has 6 heteroatoms. The highest BCUT2D eigenvalue weighted by molar-refractivity contribution is 7.07. The van der Waals surface area contributed by atoms with Gasteiger partial charge in [-0.05, 0) is 35.9 Å². The van der Waals surface area contributed by atoms with Crippen LogP contribution in [0.25, 0.3) is 6.08 Å². The predicted octanol–water partition coefficient (Wildman–Crippen LogP) is 2.45. The van der Waals surface area contributed by atoms with E-state index in [-0.39, 0.29) is 5.56 Å². The van der Waals surface area contributed by atoms with Crippen LogP contribution in [0.1, 0.15) is 5.56 Å². The topological polar surface area (TPSA) is 37.6 Å². The van der Waals surface area contributed by atoms with E-state index in [1.54, 1.807) is 4.57 Å². The van der Waals surface area contributed by atoms with E-state index >= 15 is 0 Å². The molecule has 2 heterocycles. The zero-order valence-electron chi connectivity index (χ0n) is 12.7. The smallest absolute Gasteiger partial charge is 0.271 e. The van der Waals surface area contributed by atoms with Gasteiger partial charge in [-0.1, -0.05) is 53.3 Å². The fourth-order valence-corrected chi connectivity index (χ4v) is 3.71. The van der Waals surface area contributed by atoms with Gasteiger partial charge in [-0.3, -0.25) is 9.36 Å². The minimum absolute atomic E-state index is 0.00525. The summed E-state index contributed by atoms with van der Waals surface area (Å²) in [6.07, 6.45) is 1.89. The second-order valence-corrected chi connectivity index (χ2v) is 6.94. The van der Waals surface area contributed by atoms with Crippen molar-refractivity contribution in [3.05, 3.63) is 84.9 Å². The molecule has 0 fully saturated rings. The Morgan fingerprint density at radius 3 is 2.58 bits per heavy atom. The number of hydrogen-bond acceptors (Lipinski definition) is 4. The Labute approximate surface area is 147 Å². The molecule has 0 aliphatic carbocycles. The average Bonchev–Trinajstić information content (AvgIpc) is 2.93. The number of benzene rings is 2. The zero-order valence-corrected chi connectivity index (χ0v) is 14.3. The standard InChI is InChI=1S/C18H14ClN3OS/c19-14-8-6-13(7-9-14)10-16-17(23)22-12-21(11-20-18(22)24-16)15-4-2-1-3-5-15/h1-10H,11-12H2. The van der Waals surface area contributed by atoms with Crippen LogP contribution in [0.3, 0.4) is 0 Å². The molecule has 24 heavy (non-hydrogen) atoms. The van der Waals surface area contributed by atoms with E-state index in [1.807, 2.05) is 60.7 Å². The van der Waals surface area contributed by atoms with Crippen molar-refractivity contribution in [2.75, 3.05) is 11.6 Å². The van der Waals surface area contributed by atoms with Gasteiger partial charge in [0.2, 0.25) is 0 Å². The molecule has 0 saturated carbocycles. The van der Waals surface area contributed by atoms with Gasteiger partial charge in [0.25, 0.3) is 5.56 Å². The SMILES string of the molecule is O=c1c(=Cc2ccc(Cl)cc2)sc2n1CN(c1ccccc1)CN=2. The highest BCUT2D eigenvalue weighted by Gasteiger charge is 2.15. The number of rotatable bonds is 2. The van der Waals surface area contributed by atoms with Crippen LogP contribution in [0.5, 0.6) is 0 Å². The molecule has 0 saturated heterocycles. The molecule has 0 unspecified atom stereocenters. The van der Waals surface area contributed by atoms with Gasteiger partial charge in [-0.2, -0.15) is 0 Å². The Hall–Kier alpha value is -2.37. The molecule has 0 spiro atoms. The minimum Gasteiger partial charge on any atom is -0.334 e. The largest absolute Gasteiger partial charge is 0.334 e. The van der Waals surface area contributed by atoms with Gasteiger partial charge in [-0.15, -0.1) is 0 Å². The number of fused-ring (bicyclic) bond motifs is 1. The minimum atomic E-state index is -0.00525. The van der Waals surface area contributed by atoms with E-state index < -0.39 is 0 Å². The Kier molecular flexibility index (Phi) is 3.96. The molecule has 1 aromatic heterocycles. The molecule has 0 N–H and O–H groups in total. The molecule has 1 aliphatic heterocycles. The van der Waals surface area contributed by atoms with Crippen LogP contribution < -0.4 is 19.8 Å². The maximum atomic E-state index is 12.7. The summed E-state index contributed by atoms with van der Waals surface area (Å²) in [5.41, 5.74) is 2.01. The normalized spacial score (nSPS) is 14.4. The second kappa shape index (κ2) is 6.26. The monoisotopic (exact) mass is 355 g/mol. The molecule has 3 aromatic rings. The summed E-state index contributed by atoms with van der Waals surface area (Å²) < 4.78 is 2.41. The molecular formula is C18H14ClN3OS. The molecule has 0 bridgehead atoms. The summed E-state index contributed by atoms with van der Waals surface area (Å²) in [5.74, 6) is 0. The molecule has 0 atom stereocenters. The number of thiazole rings is 1. The van der Waals surface area contributed by atoms with Crippen molar-refractivity contribution in [2.24, 2.45) is 4.99 Å². The van der Waals surface area contributed by atoms with Crippen LogP contribution in [0.2, 0.25) is 5.02 Å². The van der Waals surface area contributed by atoms with Gasteiger partial charge in [0.1, 0.15) is 13.3 Å². The maximum absolute atomic E-state index is 12.7. The van der Waals surface area contributed by atoms with Crippen LogP contribution in [-0.4, -0.2) is 11.2 Å². The molecular weight excluding hydrogens is 342 g/mol. The number of anilines is 1. The molecule has 0 amide bonds. The zero-order chi connectivity index (χ0) is 16.5. The van der Waals surface area contributed by atoms with Crippen LogP contribution in [0, 0.1) is 0 Å². The summed E-state index contributed by atoms with van der Waals surface area (Å²) in [6.45, 7) is 1.08. The van der Waals surface area contributed by atoms with Gasteiger partial charge < -0.3 is 4.90 Å². The van der Waals surface area contributed by atoms with Gasteiger partial charge in [-0.25, -0.2) is 4.99 Å². The summed E-state index contributed by atoms with van der Waals surface area (Å²) in [6, 6.07) is 17.4. The summed E-state index contributed by atoms with van der Waals surface area (Å²) >= 11 is 7.33. The Morgan fingerprint density at radius 2 is 1.83 bits per heavy atom. The molecule has 1 aliphatic rings. The molecule has 120 valence electrons. The molecule has 2 aromatic carbocycles. The number of halogens is 1. The first kappa shape index (κ1) is 15.2. The highest BCUT2D eigenvalue weighted by Crippen LogP contribution is 2.14. The van der Waals surface area contributed by atoms with E-state index in [9.17, 15) is 4.79 Å². The van der Waals surface area contributed by atoms with Crippen molar-refractivity contribution in [1.29, 1.82) is 0 Å². The van der Waals surface area contributed by atoms with Crippen molar-refractivity contribution in [1.82, 2.24) is 4.57 Å². The third-order valence-corrected chi connectivity index (χ3v) is 5.16.